The lowest BCUT2D eigenvalue weighted by Crippen LogP contribution is -2.14. The Labute approximate surface area is 167 Å². The van der Waals surface area contributed by atoms with E-state index in [1.807, 2.05) is 30.3 Å². The fourth-order valence-electron chi connectivity index (χ4n) is 2.53. The molecule has 0 aliphatic carbocycles. The Morgan fingerprint density at radius 2 is 1.64 bits per heavy atom. The molecule has 0 bridgehead atoms. The quantitative estimate of drug-likeness (QED) is 0.620. The molecule has 0 aliphatic rings. The molecule has 6 heteroatoms. The molecule has 0 aromatic heterocycles. The first kappa shape index (κ1) is 19.2. The van der Waals surface area contributed by atoms with E-state index in [1.165, 1.54) is 0 Å². The van der Waals surface area contributed by atoms with Crippen molar-refractivity contribution in [1.82, 2.24) is 0 Å². The predicted molar refractivity (Wildman–Crippen MR) is 110 cm³/mol. The van der Waals surface area contributed by atoms with Crippen LogP contribution in [0.15, 0.2) is 77.7 Å². The van der Waals surface area contributed by atoms with Crippen molar-refractivity contribution >= 4 is 29.3 Å². The van der Waals surface area contributed by atoms with E-state index in [0.717, 1.165) is 10.5 Å². The van der Waals surface area contributed by atoms with Gasteiger partial charge in [-0.25, -0.2) is 0 Å². The third kappa shape index (κ3) is 4.78. The van der Waals surface area contributed by atoms with Gasteiger partial charge in [0, 0.05) is 21.9 Å². The molecule has 2 amide bonds. The van der Waals surface area contributed by atoms with Crippen LogP contribution in [0.1, 0.15) is 31.8 Å². The molecule has 3 rings (SSSR count). The minimum absolute atomic E-state index is 0.227. The van der Waals surface area contributed by atoms with Gasteiger partial charge in [0.05, 0.1) is 17.2 Å². The Balaban J connectivity index is 1.70. The van der Waals surface area contributed by atoms with Gasteiger partial charge in [-0.3, -0.25) is 9.59 Å². The third-order valence-electron chi connectivity index (χ3n) is 4.04. The lowest BCUT2D eigenvalue weighted by molar-refractivity contribution is 0.0998. The second-order valence-corrected chi connectivity index (χ2v) is 7.01. The highest BCUT2D eigenvalue weighted by Crippen LogP contribution is 2.27. The highest BCUT2D eigenvalue weighted by Gasteiger charge is 2.12. The summed E-state index contributed by atoms with van der Waals surface area (Å²) in [5, 5.41) is 11.7. The molecular weight excluding hydrogens is 370 g/mol. The van der Waals surface area contributed by atoms with Crippen LogP contribution >= 0.6 is 11.8 Å². The summed E-state index contributed by atoms with van der Waals surface area (Å²) >= 11 is 1.55. The van der Waals surface area contributed by atoms with Crippen LogP contribution in [0, 0.1) is 11.3 Å². The van der Waals surface area contributed by atoms with E-state index in [2.05, 4.69) is 11.4 Å². The number of anilines is 1. The molecule has 0 saturated heterocycles. The summed E-state index contributed by atoms with van der Waals surface area (Å²) in [5.41, 5.74) is 8.46. The highest BCUT2D eigenvalue weighted by atomic mass is 32.2. The number of primary amides is 1. The normalized spacial score (nSPS) is 10.1. The van der Waals surface area contributed by atoms with Crippen LogP contribution in [0.3, 0.4) is 0 Å². The predicted octanol–water partition coefficient (Wildman–Crippen LogP) is 4.20. The maximum atomic E-state index is 12.7. The first-order chi connectivity index (χ1) is 13.6. The second kappa shape index (κ2) is 8.89. The average Bonchev–Trinajstić information content (AvgIpc) is 2.73. The summed E-state index contributed by atoms with van der Waals surface area (Å²) in [6, 6.07) is 23.3. The van der Waals surface area contributed by atoms with Crippen LogP contribution < -0.4 is 11.1 Å². The van der Waals surface area contributed by atoms with Crippen LogP contribution in [0.25, 0.3) is 0 Å². The molecule has 138 valence electrons. The van der Waals surface area contributed by atoms with Gasteiger partial charge in [0.15, 0.2) is 0 Å². The number of hydrogen-bond acceptors (Lipinski definition) is 4. The molecule has 0 fully saturated rings. The Bertz CT molecular complexity index is 1040. The number of hydrogen-bond donors (Lipinski definition) is 2. The lowest BCUT2D eigenvalue weighted by Gasteiger charge is -2.10. The van der Waals surface area contributed by atoms with Crippen molar-refractivity contribution in [1.29, 1.82) is 5.26 Å². The number of carbonyl (C=O) groups excluding carboxylic acids is 2. The van der Waals surface area contributed by atoms with Crippen molar-refractivity contribution < 1.29 is 9.59 Å². The minimum atomic E-state index is -0.512. The van der Waals surface area contributed by atoms with Crippen molar-refractivity contribution in [3.05, 3.63) is 95.1 Å². The van der Waals surface area contributed by atoms with Gasteiger partial charge in [-0.2, -0.15) is 5.26 Å². The molecule has 0 saturated carbocycles. The molecule has 0 unspecified atom stereocenters. The summed E-state index contributed by atoms with van der Waals surface area (Å²) in [5.74, 6) is -0.0549. The number of nitrogens with zero attached hydrogens (tertiary/aromatic N) is 1. The number of nitriles is 1. The van der Waals surface area contributed by atoms with Crippen molar-refractivity contribution in [2.24, 2.45) is 5.73 Å². The molecule has 0 radical (unpaired) electrons. The van der Waals surface area contributed by atoms with Gasteiger partial charge in [-0.15, -0.1) is 11.8 Å². The van der Waals surface area contributed by atoms with E-state index in [-0.39, 0.29) is 5.91 Å². The van der Waals surface area contributed by atoms with Crippen molar-refractivity contribution in [3.63, 3.8) is 0 Å². The summed E-state index contributed by atoms with van der Waals surface area (Å²) in [6.07, 6.45) is 0. The molecule has 3 aromatic rings. The third-order valence-corrected chi connectivity index (χ3v) is 5.18. The maximum Gasteiger partial charge on any atom is 0.256 e. The number of nitrogens with one attached hydrogen (secondary N) is 1. The molecule has 3 aromatic carbocycles. The van der Waals surface area contributed by atoms with E-state index in [0.29, 0.717) is 28.1 Å². The van der Waals surface area contributed by atoms with Crippen molar-refractivity contribution in [3.8, 4) is 6.07 Å². The van der Waals surface area contributed by atoms with Crippen LogP contribution in [0.5, 0.6) is 0 Å². The van der Waals surface area contributed by atoms with Gasteiger partial charge in [0.1, 0.15) is 0 Å². The standard InChI is InChI=1S/C22H17N3O2S/c23-13-15-5-7-16(8-6-15)14-28-20-4-2-1-3-19(20)22(27)25-18-11-9-17(10-12-18)21(24)26/h1-12H,14H2,(H2,24,26)(H,25,27). The summed E-state index contributed by atoms with van der Waals surface area (Å²) in [7, 11) is 0. The summed E-state index contributed by atoms with van der Waals surface area (Å²) in [6.45, 7) is 0. The molecule has 28 heavy (non-hydrogen) atoms. The minimum Gasteiger partial charge on any atom is -0.366 e. The first-order valence-electron chi connectivity index (χ1n) is 8.49. The van der Waals surface area contributed by atoms with E-state index < -0.39 is 5.91 Å². The van der Waals surface area contributed by atoms with Gasteiger partial charge in [0.25, 0.3) is 5.91 Å². The smallest absolute Gasteiger partial charge is 0.256 e. The van der Waals surface area contributed by atoms with Crippen LogP contribution in [0.2, 0.25) is 0 Å². The Hall–Kier alpha value is -3.56. The largest absolute Gasteiger partial charge is 0.366 e. The van der Waals surface area contributed by atoms with Gasteiger partial charge in [0.2, 0.25) is 5.91 Å². The fraction of sp³-hybridized carbons (Fsp3) is 0.0455. The number of rotatable bonds is 6. The highest BCUT2D eigenvalue weighted by molar-refractivity contribution is 7.98. The maximum absolute atomic E-state index is 12.7. The lowest BCUT2D eigenvalue weighted by atomic mass is 10.1. The second-order valence-electron chi connectivity index (χ2n) is 5.99. The summed E-state index contributed by atoms with van der Waals surface area (Å²) in [4.78, 5) is 24.7. The SMILES string of the molecule is N#Cc1ccc(CSc2ccccc2C(=O)Nc2ccc(C(N)=O)cc2)cc1. The molecule has 0 spiro atoms. The number of benzene rings is 3. The Kier molecular flexibility index (Phi) is 6.10. The molecule has 5 nitrogen and oxygen atoms in total. The van der Waals surface area contributed by atoms with Crippen LogP contribution in [-0.4, -0.2) is 11.8 Å². The average molecular weight is 387 g/mol. The molecule has 0 aliphatic heterocycles. The topological polar surface area (TPSA) is 96.0 Å². The van der Waals surface area contributed by atoms with E-state index >= 15 is 0 Å². The van der Waals surface area contributed by atoms with Gasteiger partial charge < -0.3 is 11.1 Å². The fourth-order valence-corrected chi connectivity index (χ4v) is 3.54. The molecule has 0 atom stereocenters. The van der Waals surface area contributed by atoms with E-state index in [4.69, 9.17) is 11.0 Å². The van der Waals surface area contributed by atoms with Crippen molar-refractivity contribution in [2.45, 2.75) is 10.6 Å². The number of nitrogens with two attached hydrogens (primary N) is 1. The number of thioether (sulfide) groups is 1. The summed E-state index contributed by atoms with van der Waals surface area (Å²) < 4.78 is 0. The van der Waals surface area contributed by atoms with E-state index in [9.17, 15) is 9.59 Å². The Morgan fingerprint density at radius 3 is 2.29 bits per heavy atom. The van der Waals surface area contributed by atoms with E-state index in [1.54, 1.807) is 54.2 Å². The Morgan fingerprint density at radius 1 is 0.964 bits per heavy atom. The first-order valence-corrected chi connectivity index (χ1v) is 9.47. The zero-order valence-corrected chi connectivity index (χ0v) is 15.7. The van der Waals surface area contributed by atoms with Gasteiger partial charge >= 0.3 is 0 Å². The zero-order chi connectivity index (χ0) is 19.9. The zero-order valence-electron chi connectivity index (χ0n) is 14.9. The van der Waals surface area contributed by atoms with Crippen LogP contribution in [-0.2, 0) is 5.75 Å². The van der Waals surface area contributed by atoms with Gasteiger partial charge in [-0.1, -0.05) is 24.3 Å². The molecule has 0 heterocycles. The van der Waals surface area contributed by atoms with Crippen LogP contribution in [0.4, 0.5) is 5.69 Å². The molecular formula is C22H17N3O2S. The monoisotopic (exact) mass is 387 g/mol. The number of carbonyl (C=O) groups is 2. The molecule has 3 N–H and O–H groups in total. The number of amides is 2. The van der Waals surface area contributed by atoms with Crippen molar-refractivity contribution in [2.75, 3.05) is 5.32 Å². The van der Waals surface area contributed by atoms with Gasteiger partial charge in [-0.05, 0) is 54.1 Å².